The van der Waals surface area contributed by atoms with Gasteiger partial charge in [0.05, 0.1) is 17.8 Å². The van der Waals surface area contributed by atoms with Crippen LogP contribution < -0.4 is 10.5 Å². The highest BCUT2D eigenvalue weighted by atomic mass is 35.5. The smallest absolute Gasteiger partial charge is 0.131 e. The monoisotopic (exact) mass is 343 g/mol. The Labute approximate surface area is 139 Å². The van der Waals surface area contributed by atoms with Gasteiger partial charge in [0.25, 0.3) is 0 Å². The van der Waals surface area contributed by atoms with Crippen LogP contribution in [0.5, 0.6) is 5.75 Å². The molecule has 2 fully saturated rings. The van der Waals surface area contributed by atoms with E-state index in [1.165, 1.54) is 5.75 Å². The van der Waals surface area contributed by atoms with Gasteiger partial charge in [0.1, 0.15) is 16.8 Å². The summed E-state index contributed by atoms with van der Waals surface area (Å²) in [5.74, 6) is 2.91. The van der Waals surface area contributed by atoms with Gasteiger partial charge < -0.3 is 15.2 Å². The first-order valence-electron chi connectivity index (χ1n) is 7.06. The van der Waals surface area contributed by atoms with E-state index < -0.39 is 0 Å². The minimum atomic E-state index is -0.00442. The maximum absolute atomic E-state index is 6.17. The van der Waals surface area contributed by atoms with E-state index in [4.69, 9.17) is 39.0 Å². The molecular formula is C15H18ClNO2S2. The normalized spacial score (nSPS) is 28.7. The van der Waals surface area contributed by atoms with Crippen molar-refractivity contribution in [2.45, 2.75) is 31.0 Å². The van der Waals surface area contributed by atoms with Crippen molar-refractivity contribution in [3.63, 3.8) is 0 Å². The van der Waals surface area contributed by atoms with Crippen LogP contribution in [-0.4, -0.2) is 34.8 Å². The van der Waals surface area contributed by atoms with Crippen molar-refractivity contribution < 1.29 is 9.47 Å². The summed E-state index contributed by atoms with van der Waals surface area (Å²) in [5.41, 5.74) is 6.51. The summed E-state index contributed by atoms with van der Waals surface area (Å²) in [6.07, 6.45) is 3.04. The molecule has 6 heteroatoms. The molecule has 1 spiro atoms. The molecule has 0 bridgehead atoms. The SMILES string of the molecule is NC(=S)c1ccc(Cl)cc1OC1CCOC2(CCSC2)C1. The van der Waals surface area contributed by atoms with Crippen LogP contribution in [-0.2, 0) is 4.74 Å². The standard InChI is InChI=1S/C15H18ClNO2S2/c16-10-1-2-12(14(17)20)13(7-10)19-11-3-5-18-15(8-11)4-6-21-9-15/h1-2,7,11H,3-6,8-9H2,(H2,17,20). The predicted octanol–water partition coefficient (Wildman–Crippen LogP) is 3.41. The summed E-state index contributed by atoms with van der Waals surface area (Å²) < 4.78 is 12.2. The lowest BCUT2D eigenvalue weighted by molar-refractivity contribution is -0.0959. The minimum absolute atomic E-state index is 0.00442. The van der Waals surface area contributed by atoms with Gasteiger partial charge in [-0.1, -0.05) is 23.8 Å². The fourth-order valence-corrected chi connectivity index (χ4v) is 4.63. The summed E-state index contributed by atoms with van der Waals surface area (Å²) >= 11 is 13.1. The second-order valence-corrected chi connectivity index (χ2v) is 7.55. The van der Waals surface area contributed by atoms with Gasteiger partial charge in [-0.2, -0.15) is 11.8 Å². The molecule has 1 aromatic carbocycles. The zero-order chi connectivity index (χ0) is 14.9. The quantitative estimate of drug-likeness (QED) is 0.852. The Bertz CT molecular complexity index is 546. The first kappa shape index (κ1) is 15.4. The van der Waals surface area contributed by atoms with E-state index in [0.29, 0.717) is 15.8 Å². The maximum atomic E-state index is 6.17. The van der Waals surface area contributed by atoms with Crippen molar-refractivity contribution in [1.82, 2.24) is 0 Å². The fraction of sp³-hybridized carbons (Fsp3) is 0.533. The van der Waals surface area contributed by atoms with Crippen LogP contribution in [0.4, 0.5) is 0 Å². The van der Waals surface area contributed by atoms with E-state index in [-0.39, 0.29) is 11.7 Å². The van der Waals surface area contributed by atoms with Crippen LogP contribution >= 0.6 is 35.6 Å². The fourth-order valence-electron chi connectivity index (χ4n) is 2.92. The van der Waals surface area contributed by atoms with Crippen molar-refractivity contribution in [3.05, 3.63) is 28.8 Å². The molecule has 2 unspecified atom stereocenters. The number of thiocarbonyl (C=S) groups is 1. The number of benzene rings is 1. The van der Waals surface area contributed by atoms with E-state index in [9.17, 15) is 0 Å². The summed E-state index contributed by atoms with van der Waals surface area (Å²) in [6.45, 7) is 0.744. The third-order valence-corrected chi connectivity index (χ3v) is 5.70. The number of halogens is 1. The molecule has 2 heterocycles. The second kappa shape index (κ2) is 6.32. The number of hydrogen-bond acceptors (Lipinski definition) is 4. The molecule has 0 aliphatic carbocycles. The zero-order valence-corrected chi connectivity index (χ0v) is 14.0. The molecule has 2 aliphatic rings. The van der Waals surface area contributed by atoms with Crippen LogP contribution in [0.1, 0.15) is 24.8 Å². The highest BCUT2D eigenvalue weighted by molar-refractivity contribution is 7.99. The largest absolute Gasteiger partial charge is 0.489 e. The lowest BCUT2D eigenvalue weighted by Gasteiger charge is -2.37. The van der Waals surface area contributed by atoms with Gasteiger partial charge in [0, 0.05) is 23.6 Å². The average molecular weight is 344 g/mol. The maximum Gasteiger partial charge on any atom is 0.131 e. The number of nitrogens with two attached hydrogens (primary N) is 1. The predicted molar refractivity (Wildman–Crippen MR) is 91.6 cm³/mol. The molecule has 3 rings (SSSR count). The van der Waals surface area contributed by atoms with Crippen molar-refractivity contribution in [2.24, 2.45) is 5.73 Å². The van der Waals surface area contributed by atoms with E-state index in [1.54, 1.807) is 12.1 Å². The molecule has 2 saturated heterocycles. The van der Waals surface area contributed by atoms with Gasteiger partial charge >= 0.3 is 0 Å². The number of hydrogen-bond donors (Lipinski definition) is 1. The highest BCUT2D eigenvalue weighted by Gasteiger charge is 2.41. The Balaban J connectivity index is 1.77. The molecule has 2 aliphatic heterocycles. The summed E-state index contributed by atoms with van der Waals surface area (Å²) in [4.78, 5) is 0.333. The zero-order valence-electron chi connectivity index (χ0n) is 11.6. The molecule has 21 heavy (non-hydrogen) atoms. The van der Waals surface area contributed by atoms with Crippen molar-refractivity contribution in [2.75, 3.05) is 18.1 Å². The van der Waals surface area contributed by atoms with E-state index >= 15 is 0 Å². The number of rotatable bonds is 3. The van der Waals surface area contributed by atoms with Crippen molar-refractivity contribution in [1.29, 1.82) is 0 Å². The lowest BCUT2D eigenvalue weighted by Crippen LogP contribution is -2.44. The van der Waals surface area contributed by atoms with Crippen molar-refractivity contribution in [3.8, 4) is 5.75 Å². The second-order valence-electron chi connectivity index (χ2n) is 5.57. The topological polar surface area (TPSA) is 44.5 Å². The van der Waals surface area contributed by atoms with Gasteiger partial charge in [-0.05, 0) is 30.4 Å². The Morgan fingerprint density at radius 3 is 3.10 bits per heavy atom. The van der Waals surface area contributed by atoms with Gasteiger partial charge in [0.15, 0.2) is 0 Å². The van der Waals surface area contributed by atoms with Crippen LogP contribution in [0.15, 0.2) is 18.2 Å². The highest BCUT2D eigenvalue weighted by Crippen LogP contribution is 2.39. The minimum Gasteiger partial charge on any atom is -0.489 e. The van der Waals surface area contributed by atoms with E-state index in [1.807, 2.05) is 17.8 Å². The summed E-state index contributed by atoms with van der Waals surface area (Å²) in [7, 11) is 0. The van der Waals surface area contributed by atoms with Crippen molar-refractivity contribution >= 4 is 40.6 Å². The molecule has 2 N–H and O–H groups in total. The molecule has 0 saturated carbocycles. The Hall–Kier alpha value is -0.490. The average Bonchev–Trinajstić information content (AvgIpc) is 2.86. The van der Waals surface area contributed by atoms with Crippen LogP contribution in [0.2, 0.25) is 5.02 Å². The molecule has 2 atom stereocenters. The summed E-state index contributed by atoms with van der Waals surface area (Å²) in [5, 5.41) is 0.628. The molecule has 0 amide bonds. The molecular weight excluding hydrogens is 326 g/mol. The lowest BCUT2D eigenvalue weighted by atomic mass is 9.91. The first-order valence-corrected chi connectivity index (χ1v) is 9.00. The third kappa shape index (κ3) is 3.47. The van der Waals surface area contributed by atoms with Gasteiger partial charge in [-0.3, -0.25) is 0 Å². The van der Waals surface area contributed by atoms with Crippen LogP contribution in [0.3, 0.4) is 0 Å². The Morgan fingerprint density at radius 2 is 2.38 bits per heavy atom. The first-order chi connectivity index (χ1) is 10.1. The Morgan fingerprint density at radius 1 is 1.52 bits per heavy atom. The van der Waals surface area contributed by atoms with Gasteiger partial charge in [-0.15, -0.1) is 0 Å². The molecule has 114 valence electrons. The van der Waals surface area contributed by atoms with Crippen LogP contribution in [0, 0.1) is 0 Å². The third-order valence-electron chi connectivity index (χ3n) is 4.02. The molecule has 0 radical (unpaired) electrons. The molecule has 1 aromatic rings. The molecule has 3 nitrogen and oxygen atoms in total. The number of ether oxygens (including phenoxy) is 2. The molecule has 0 aromatic heterocycles. The summed E-state index contributed by atoms with van der Waals surface area (Å²) in [6, 6.07) is 5.39. The van der Waals surface area contributed by atoms with Crippen LogP contribution in [0.25, 0.3) is 0 Å². The van der Waals surface area contributed by atoms with E-state index in [2.05, 4.69) is 0 Å². The number of thioether (sulfide) groups is 1. The van der Waals surface area contributed by atoms with Gasteiger partial charge in [0.2, 0.25) is 0 Å². The Kier molecular flexibility index (Phi) is 4.64. The van der Waals surface area contributed by atoms with Gasteiger partial charge in [-0.25, -0.2) is 0 Å². The van der Waals surface area contributed by atoms with E-state index in [0.717, 1.165) is 37.2 Å².